The number of halogens is 1. The van der Waals surface area contributed by atoms with E-state index in [0.29, 0.717) is 24.6 Å². The van der Waals surface area contributed by atoms with Crippen LogP contribution in [0.25, 0.3) is 10.9 Å². The Labute approximate surface area is 138 Å². The highest BCUT2D eigenvalue weighted by Gasteiger charge is 2.02. The number of rotatable bonds is 5. The largest absolute Gasteiger partial charge is 0.492 e. The van der Waals surface area contributed by atoms with Gasteiger partial charge in [-0.2, -0.15) is 0 Å². The number of fused-ring (bicyclic) bond motifs is 1. The van der Waals surface area contributed by atoms with Gasteiger partial charge in [-0.25, -0.2) is 9.18 Å². The summed E-state index contributed by atoms with van der Waals surface area (Å²) in [5.41, 5.74) is 1.30. The van der Waals surface area contributed by atoms with E-state index in [4.69, 9.17) is 4.74 Å². The molecular weight excluding hydrogens is 309 g/mol. The first-order chi connectivity index (χ1) is 11.7. The molecule has 3 aromatic rings. The Morgan fingerprint density at radius 3 is 2.92 bits per heavy atom. The van der Waals surface area contributed by atoms with Crippen LogP contribution in [0, 0.1) is 5.82 Å². The van der Waals surface area contributed by atoms with Crippen molar-refractivity contribution in [1.29, 1.82) is 0 Å². The van der Waals surface area contributed by atoms with Crippen LogP contribution in [0.4, 0.5) is 14.9 Å². The van der Waals surface area contributed by atoms with Crippen molar-refractivity contribution in [2.75, 3.05) is 18.5 Å². The summed E-state index contributed by atoms with van der Waals surface area (Å²) in [6.07, 6.45) is 1.74. The van der Waals surface area contributed by atoms with E-state index < -0.39 is 11.8 Å². The smallest absolute Gasteiger partial charge is 0.319 e. The molecule has 0 aliphatic heterocycles. The van der Waals surface area contributed by atoms with Gasteiger partial charge in [0.25, 0.3) is 0 Å². The number of nitrogens with one attached hydrogen (secondary N) is 2. The number of carbonyl (C=O) groups excluding carboxylic acids is 1. The fourth-order valence-corrected chi connectivity index (χ4v) is 2.22. The van der Waals surface area contributed by atoms with E-state index in [1.807, 2.05) is 30.3 Å². The van der Waals surface area contributed by atoms with Crippen LogP contribution in [0.5, 0.6) is 5.75 Å². The molecule has 6 heteroatoms. The first kappa shape index (κ1) is 15.7. The molecule has 0 atom stereocenters. The molecule has 0 spiro atoms. The van der Waals surface area contributed by atoms with Crippen LogP contribution in [0.1, 0.15) is 0 Å². The Hall–Kier alpha value is -3.15. The van der Waals surface area contributed by atoms with Crippen LogP contribution in [0.15, 0.2) is 60.8 Å². The van der Waals surface area contributed by atoms with E-state index in [2.05, 4.69) is 15.6 Å². The van der Waals surface area contributed by atoms with Crippen LogP contribution < -0.4 is 15.4 Å². The summed E-state index contributed by atoms with van der Waals surface area (Å²) in [5.74, 6) is 0.310. The number of ether oxygens (including phenoxy) is 1. The quantitative estimate of drug-likeness (QED) is 0.705. The number of nitrogens with zero attached hydrogens (tertiary/aromatic N) is 1. The minimum atomic E-state index is -0.410. The predicted molar refractivity (Wildman–Crippen MR) is 90.7 cm³/mol. The first-order valence-corrected chi connectivity index (χ1v) is 7.49. The lowest BCUT2D eigenvalue weighted by Crippen LogP contribution is -2.32. The highest BCUT2D eigenvalue weighted by molar-refractivity contribution is 5.89. The maximum atomic E-state index is 13.0. The Bertz CT molecular complexity index is 854. The number of urea groups is 1. The van der Waals surface area contributed by atoms with Crippen molar-refractivity contribution < 1.29 is 13.9 Å². The standard InChI is InChI=1S/C18H16FN3O2/c19-14-4-1-5-15(12-14)22-18(23)21-9-10-24-16-6-7-17-13(11-16)3-2-8-20-17/h1-8,11-12H,9-10H2,(H2,21,22,23). The Morgan fingerprint density at radius 2 is 2.04 bits per heavy atom. The van der Waals surface area contributed by atoms with Gasteiger partial charge in [0.15, 0.2) is 0 Å². The first-order valence-electron chi connectivity index (χ1n) is 7.49. The molecule has 0 aliphatic carbocycles. The summed E-state index contributed by atoms with van der Waals surface area (Å²) in [6, 6.07) is 14.7. The molecule has 0 unspecified atom stereocenters. The van der Waals surface area contributed by atoms with Gasteiger partial charge >= 0.3 is 6.03 Å². The maximum Gasteiger partial charge on any atom is 0.319 e. The van der Waals surface area contributed by atoms with Crippen LogP contribution in [0.2, 0.25) is 0 Å². The lowest BCUT2D eigenvalue weighted by atomic mass is 10.2. The monoisotopic (exact) mass is 325 g/mol. The zero-order chi connectivity index (χ0) is 16.8. The van der Waals surface area contributed by atoms with Gasteiger partial charge in [0, 0.05) is 17.3 Å². The van der Waals surface area contributed by atoms with Gasteiger partial charge in [0.05, 0.1) is 12.1 Å². The number of carbonyl (C=O) groups is 1. The van der Waals surface area contributed by atoms with Gasteiger partial charge < -0.3 is 15.4 Å². The third-order valence-electron chi connectivity index (χ3n) is 3.31. The summed E-state index contributed by atoms with van der Waals surface area (Å²) in [5, 5.41) is 6.19. The van der Waals surface area contributed by atoms with Crippen molar-refractivity contribution >= 4 is 22.6 Å². The summed E-state index contributed by atoms with van der Waals surface area (Å²) >= 11 is 0. The minimum absolute atomic E-state index is 0.322. The van der Waals surface area contributed by atoms with Crippen molar-refractivity contribution in [2.45, 2.75) is 0 Å². The molecule has 122 valence electrons. The number of hydrogen-bond acceptors (Lipinski definition) is 3. The van der Waals surface area contributed by atoms with Gasteiger partial charge in [-0.05, 0) is 42.5 Å². The Kier molecular flexibility index (Phi) is 4.86. The van der Waals surface area contributed by atoms with E-state index in [1.54, 1.807) is 12.3 Å². The van der Waals surface area contributed by atoms with E-state index >= 15 is 0 Å². The van der Waals surface area contributed by atoms with Crippen molar-refractivity contribution in [3.63, 3.8) is 0 Å². The number of anilines is 1. The molecule has 24 heavy (non-hydrogen) atoms. The topological polar surface area (TPSA) is 63.2 Å². The zero-order valence-corrected chi connectivity index (χ0v) is 12.8. The fraction of sp³-hybridized carbons (Fsp3) is 0.111. The van der Waals surface area contributed by atoms with E-state index in [0.717, 1.165) is 10.9 Å². The van der Waals surface area contributed by atoms with E-state index in [-0.39, 0.29) is 0 Å². The molecule has 0 aliphatic rings. The summed E-state index contributed by atoms with van der Waals surface area (Å²) < 4.78 is 18.6. The highest BCUT2D eigenvalue weighted by Crippen LogP contribution is 2.18. The van der Waals surface area contributed by atoms with Crippen molar-refractivity contribution in [3.05, 3.63) is 66.6 Å². The average molecular weight is 325 g/mol. The molecule has 1 heterocycles. The van der Waals surface area contributed by atoms with Crippen molar-refractivity contribution in [3.8, 4) is 5.75 Å². The second-order valence-corrected chi connectivity index (χ2v) is 5.10. The maximum absolute atomic E-state index is 13.0. The molecule has 2 amide bonds. The van der Waals surface area contributed by atoms with Gasteiger partial charge in [-0.15, -0.1) is 0 Å². The number of amides is 2. The zero-order valence-electron chi connectivity index (χ0n) is 12.8. The van der Waals surface area contributed by atoms with Crippen molar-refractivity contribution in [1.82, 2.24) is 10.3 Å². The number of benzene rings is 2. The normalized spacial score (nSPS) is 10.4. The fourth-order valence-electron chi connectivity index (χ4n) is 2.22. The van der Waals surface area contributed by atoms with Crippen LogP contribution in [0.3, 0.4) is 0 Å². The second kappa shape index (κ2) is 7.41. The molecule has 2 N–H and O–H groups in total. The molecular formula is C18H16FN3O2. The number of aromatic nitrogens is 1. The number of hydrogen-bond donors (Lipinski definition) is 2. The van der Waals surface area contributed by atoms with E-state index in [1.165, 1.54) is 18.2 Å². The number of pyridine rings is 1. The Balaban J connectivity index is 1.45. The van der Waals surface area contributed by atoms with Gasteiger partial charge in [-0.3, -0.25) is 4.98 Å². The predicted octanol–water partition coefficient (Wildman–Crippen LogP) is 3.57. The molecule has 0 fully saturated rings. The third-order valence-corrected chi connectivity index (χ3v) is 3.31. The third kappa shape index (κ3) is 4.19. The lowest BCUT2D eigenvalue weighted by molar-refractivity contribution is 0.247. The SMILES string of the molecule is O=C(NCCOc1ccc2ncccc2c1)Nc1cccc(F)c1. The highest BCUT2D eigenvalue weighted by atomic mass is 19.1. The lowest BCUT2D eigenvalue weighted by Gasteiger charge is -2.09. The summed E-state index contributed by atoms with van der Waals surface area (Å²) in [6.45, 7) is 0.647. The molecule has 3 rings (SSSR count). The molecule has 5 nitrogen and oxygen atoms in total. The summed E-state index contributed by atoms with van der Waals surface area (Å²) in [4.78, 5) is 15.9. The molecule has 0 radical (unpaired) electrons. The van der Waals surface area contributed by atoms with Crippen LogP contribution >= 0.6 is 0 Å². The second-order valence-electron chi connectivity index (χ2n) is 5.10. The average Bonchev–Trinajstić information content (AvgIpc) is 2.58. The van der Waals surface area contributed by atoms with Crippen molar-refractivity contribution in [2.24, 2.45) is 0 Å². The van der Waals surface area contributed by atoms with E-state index in [9.17, 15) is 9.18 Å². The molecule has 0 saturated heterocycles. The molecule has 1 aromatic heterocycles. The minimum Gasteiger partial charge on any atom is -0.492 e. The van der Waals surface area contributed by atoms with Gasteiger partial charge in [-0.1, -0.05) is 12.1 Å². The van der Waals surface area contributed by atoms with Crippen LogP contribution in [-0.4, -0.2) is 24.2 Å². The summed E-state index contributed by atoms with van der Waals surface area (Å²) in [7, 11) is 0. The molecule has 2 aromatic carbocycles. The Morgan fingerprint density at radius 1 is 1.12 bits per heavy atom. The van der Waals surface area contributed by atoms with Gasteiger partial charge in [0.1, 0.15) is 18.2 Å². The van der Waals surface area contributed by atoms with Gasteiger partial charge in [0.2, 0.25) is 0 Å². The van der Waals surface area contributed by atoms with Crippen LogP contribution in [-0.2, 0) is 0 Å². The molecule has 0 bridgehead atoms. The molecule has 0 saturated carbocycles.